The highest BCUT2D eigenvalue weighted by molar-refractivity contribution is 6.34. The molecular weight excluding hydrogens is 709 g/mol. The second-order valence-corrected chi connectivity index (χ2v) is 13.0. The number of carboxylic acid groups (broad SMARTS) is 1. The minimum absolute atomic E-state index is 0.0202. The van der Waals surface area contributed by atoms with Crippen LogP contribution in [-0.2, 0) is 18.0 Å². The van der Waals surface area contributed by atoms with Crippen LogP contribution in [0.4, 0.5) is 29.5 Å². The van der Waals surface area contributed by atoms with Crippen LogP contribution in [0.1, 0.15) is 45.1 Å². The van der Waals surface area contributed by atoms with E-state index in [2.05, 4.69) is 20.4 Å². The van der Waals surface area contributed by atoms with Crippen molar-refractivity contribution in [1.82, 2.24) is 39.0 Å². The summed E-state index contributed by atoms with van der Waals surface area (Å²) in [6.07, 6.45) is -1.29. The maximum absolute atomic E-state index is 14.1. The predicted octanol–water partition coefficient (Wildman–Crippen LogP) is 4.16. The summed E-state index contributed by atoms with van der Waals surface area (Å²) >= 11 is 6.48. The predicted molar refractivity (Wildman–Crippen MR) is 182 cm³/mol. The van der Waals surface area contributed by atoms with Crippen molar-refractivity contribution in [3.63, 3.8) is 0 Å². The van der Waals surface area contributed by atoms with Gasteiger partial charge in [-0.25, -0.2) is 19.4 Å². The molecule has 5 heterocycles. The Labute approximate surface area is 299 Å². The van der Waals surface area contributed by atoms with Crippen molar-refractivity contribution in [3.05, 3.63) is 70.5 Å². The van der Waals surface area contributed by atoms with Gasteiger partial charge < -0.3 is 35.4 Å². The Balaban J connectivity index is 1.11. The zero-order chi connectivity index (χ0) is 37.5. The molecule has 2 saturated heterocycles. The molecule has 274 valence electrons. The van der Waals surface area contributed by atoms with E-state index in [0.717, 1.165) is 10.9 Å². The lowest BCUT2D eigenvalue weighted by Crippen LogP contribution is -2.53. The molecule has 52 heavy (non-hydrogen) atoms. The summed E-state index contributed by atoms with van der Waals surface area (Å²) in [4.78, 5) is 63.4. The number of hydrogen-bond acceptors (Lipinski definition) is 8. The van der Waals surface area contributed by atoms with Crippen LogP contribution in [0.15, 0.2) is 42.9 Å². The van der Waals surface area contributed by atoms with Crippen LogP contribution >= 0.6 is 11.6 Å². The molecule has 0 unspecified atom stereocenters. The first kappa shape index (κ1) is 36.2. The second kappa shape index (κ2) is 14.2. The fraction of sp³-hybridized carbons (Fsp3) is 0.364. The molecule has 0 saturated carbocycles. The van der Waals surface area contributed by atoms with E-state index >= 15 is 0 Å². The summed E-state index contributed by atoms with van der Waals surface area (Å²) in [6, 6.07) is 5.86. The van der Waals surface area contributed by atoms with Gasteiger partial charge in [-0.15, -0.1) is 0 Å². The molecule has 2 aliphatic rings. The minimum atomic E-state index is -4.83. The normalized spacial score (nSPS) is 15.5. The van der Waals surface area contributed by atoms with Crippen molar-refractivity contribution in [2.24, 2.45) is 13.0 Å². The maximum atomic E-state index is 14.1. The number of benzene rings is 1. The molecular formula is C33H34ClF3N10O5. The van der Waals surface area contributed by atoms with Gasteiger partial charge in [0.1, 0.15) is 5.82 Å². The SMILES string of the molecule is Cc1cc(-n2cc(-c3cnc(C(=O)Nc4ccc(C(=O)N5CCN(C(=O)C6CCN(C(=O)O)CC6)CC5)c(Cl)c4)n3C)c(C(F)(F)F)n2)cnc1N. The highest BCUT2D eigenvalue weighted by Gasteiger charge is 2.39. The number of rotatable bonds is 6. The third-order valence-electron chi connectivity index (χ3n) is 9.27. The highest BCUT2D eigenvalue weighted by atomic mass is 35.5. The summed E-state index contributed by atoms with van der Waals surface area (Å²) in [5.41, 5.74) is 5.45. The standard InChI is InChI=1S/C33H34ClF3N10O5/c1-18-13-21(15-39-27(18)38)47-17-23(26(42-47)33(35,36)37)25-16-40-28(43(25)2)29(48)41-20-3-4-22(24(34)14-20)31(50)45-11-9-44(10-12-45)30(49)19-5-7-46(8-6-19)32(51)52/h3-4,13-17,19H,5-12H2,1-2H3,(H2,38,39)(H,41,48)(H,51,52). The van der Waals surface area contributed by atoms with E-state index < -0.39 is 23.9 Å². The Morgan fingerprint density at radius 3 is 2.25 bits per heavy atom. The van der Waals surface area contributed by atoms with Crippen molar-refractivity contribution in [2.75, 3.05) is 50.3 Å². The van der Waals surface area contributed by atoms with E-state index in [0.29, 0.717) is 44.6 Å². The number of alkyl halides is 3. The van der Waals surface area contributed by atoms with Gasteiger partial charge in [-0.05, 0) is 49.6 Å². The number of pyridine rings is 1. The van der Waals surface area contributed by atoms with E-state index in [1.54, 1.807) is 22.8 Å². The number of likely N-dealkylation sites (tertiary alicyclic amines) is 1. The number of hydrogen-bond donors (Lipinski definition) is 3. The molecule has 4 N–H and O–H groups in total. The lowest BCUT2D eigenvalue weighted by Gasteiger charge is -2.38. The van der Waals surface area contributed by atoms with Gasteiger partial charge in [-0.1, -0.05) is 11.6 Å². The van der Waals surface area contributed by atoms with Gasteiger partial charge in [0, 0.05) is 64.1 Å². The van der Waals surface area contributed by atoms with Crippen LogP contribution in [0.5, 0.6) is 0 Å². The fourth-order valence-electron chi connectivity index (χ4n) is 6.30. The van der Waals surface area contributed by atoms with Crippen LogP contribution in [0.25, 0.3) is 16.9 Å². The monoisotopic (exact) mass is 742 g/mol. The molecule has 4 aromatic rings. The molecule has 4 amide bonds. The number of carbonyl (C=O) groups excluding carboxylic acids is 3. The number of nitrogens with two attached hydrogens (primary N) is 1. The van der Waals surface area contributed by atoms with Gasteiger partial charge in [0.05, 0.1) is 39.9 Å². The highest BCUT2D eigenvalue weighted by Crippen LogP contribution is 2.37. The maximum Gasteiger partial charge on any atom is 0.435 e. The van der Waals surface area contributed by atoms with Crippen molar-refractivity contribution in [2.45, 2.75) is 25.9 Å². The van der Waals surface area contributed by atoms with Gasteiger partial charge in [0.15, 0.2) is 11.5 Å². The zero-order valence-corrected chi connectivity index (χ0v) is 28.8. The first-order valence-electron chi connectivity index (χ1n) is 16.2. The summed E-state index contributed by atoms with van der Waals surface area (Å²) in [5, 5.41) is 15.6. The van der Waals surface area contributed by atoms with Crippen molar-refractivity contribution in [1.29, 1.82) is 0 Å². The number of imidazole rings is 1. The van der Waals surface area contributed by atoms with Crippen LogP contribution in [0, 0.1) is 12.8 Å². The molecule has 19 heteroatoms. The summed E-state index contributed by atoms with van der Waals surface area (Å²) in [5.74, 6) is -1.36. The quantitative estimate of drug-likeness (QED) is 0.261. The third-order valence-corrected chi connectivity index (χ3v) is 9.58. The van der Waals surface area contributed by atoms with Crippen molar-refractivity contribution >= 4 is 46.9 Å². The number of carbonyl (C=O) groups is 4. The number of nitrogen functional groups attached to an aromatic ring is 1. The average Bonchev–Trinajstić information content (AvgIpc) is 3.73. The average molecular weight is 743 g/mol. The molecule has 0 aliphatic carbocycles. The smallest absolute Gasteiger partial charge is 0.435 e. The van der Waals surface area contributed by atoms with Crippen molar-refractivity contribution in [3.8, 4) is 16.9 Å². The number of nitrogens with one attached hydrogen (secondary N) is 1. The van der Waals surface area contributed by atoms with E-state index in [9.17, 15) is 32.3 Å². The number of amides is 4. The number of piperidine rings is 1. The molecule has 3 aromatic heterocycles. The second-order valence-electron chi connectivity index (χ2n) is 12.6. The molecule has 2 fully saturated rings. The van der Waals surface area contributed by atoms with Gasteiger partial charge >= 0.3 is 12.3 Å². The fourth-order valence-corrected chi connectivity index (χ4v) is 6.56. The van der Waals surface area contributed by atoms with Crippen LogP contribution in [0.2, 0.25) is 5.02 Å². The summed E-state index contributed by atoms with van der Waals surface area (Å²) in [6.45, 7) is 3.48. The van der Waals surface area contributed by atoms with E-state index in [4.69, 9.17) is 22.4 Å². The topological polar surface area (TPSA) is 185 Å². The van der Waals surface area contributed by atoms with Crippen LogP contribution in [0.3, 0.4) is 0 Å². The Kier molecular flexibility index (Phi) is 9.85. The molecule has 15 nitrogen and oxygen atoms in total. The van der Waals surface area contributed by atoms with Gasteiger partial charge in [-0.2, -0.15) is 18.3 Å². The Hall–Kier alpha value is -5.65. The zero-order valence-electron chi connectivity index (χ0n) is 28.0. The van der Waals surface area contributed by atoms with Crippen molar-refractivity contribution < 1.29 is 37.5 Å². The number of nitrogens with zero attached hydrogens (tertiary/aromatic N) is 8. The van der Waals surface area contributed by atoms with E-state index in [1.807, 2.05) is 0 Å². The lowest BCUT2D eigenvalue weighted by atomic mass is 9.95. The Morgan fingerprint density at radius 1 is 0.962 bits per heavy atom. The molecule has 0 spiro atoms. The van der Waals surface area contributed by atoms with Crippen LogP contribution in [-0.4, -0.2) is 107 Å². The first-order chi connectivity index (χ1) is 24.6. The number of halogens is 4. The van der Waals surface area contributed by atoms with Crippen LogP contribution < -0.4 is 11.1 Å². The first-order valence-corrected chi connectivity index (χ1v) is 16.6. The molecule has 2 aliphatic heterocycles. The molecule has 6 rings (SSSR count). The third kappa shape index (κ3) is 7.23. The van der Waals surface area contributed by atoms with E-state index in [1.165, 1.54) is 47.1 Å². The molecule has 0 bridgehead atoms. The molecule has 0 radical (unpaired) electrons. The van der Waals surface area contributed by atoms with Gasteiger partial charge in [-0.3, -0.25) is 14.4 Å². The lowest BCUT2D eigenvalue weighted by molar-refractivity contribution is -0.141. The number of anilines is 2. The molecule has 0 atom stereocenters. The van der Waals surface area contributed by atoms with Gasteiger partial charge in [0.2, 0.25) is 5.91 Å². The van der Waals surface area contributed by atoms with Gasteiger partial charge in [0.25, 0.3) is 11.8 Å². The number of piperazine rings is 1. The Morgan fingerprint density at radius 2 is 1.63 bits per heavy atom. The summed E-state index contributed by atoms with van der Waals surface area (Å²) < 4.78 is 44.5. The van der Waals surface area contributed by atoms with E-state index in [-0.39, 0.29) is 75.7 Å². The summed E-state index contributed by atoms with van der Waals surface area (Å²) in [7, 11) is 1.40. The molecule has 1 aromatic carbocycles. The largest absolute Gasteiger partial charge is 0.465 e. The number of aryl methyl sites for hydroxylation is 1. The number of aromatic nitrogens is 5. The minimum Gasteiger partial charge on any atom is -0.465 e. The Bertz CT molecular complexity index is 2050.